The molecular weight excluding hydrogens is 414 g/mol. The Hall–Kier alpha value is -2.88. The van der Waals surface area contributed by atoms with Crippen LogP contribution in [0.4, 0.5) is 5.69 Å². The molecular formula is C22H25N5O3S. The van der Waals surface area contributed by atoms with Gasteiger partial charge in [-0.25, -0.2) is 13.4 Å². The molecule has 8 nitrogen and oxygen atoms in total. The first kappa shape index (κ1) is 21.4. The number of aromatic nitrogens is 2. The molecule has 1 aromatic heterocycles. The lowest BCUT2D eigenvalue weighted by atomic mass is 10.1. The summed E-state index contributed by atoms with van der Waals surface area (Å²) in [6, 6.07) is 6.20. The number of nitrogens with one attached hydrogen (secondary N) is 1. The summed E-state index contributed by atoms with van der Waals surface area (Å²) < 4.78 is 27.6. The van der Waals surface area contributed by atoms with Gasteiger partial charge >= 0.3 is 0 Å². The molecule has 1 N–H and O–H groups in total. The maximum atomic E-state index is 13.0. The van der Waals surface area contributed by atoms with Gasteiger partial charge in [-0.05, 0) is 42.7 Å². The number of carbonyl (C=O) groups excluding carboxylic acids is 1. The third-order valence-electron chi connectivity index (χ3n) is 5.36. The Balaban J connectivity index is 1.35. The number of piperazine rings is 1. The van der Waals surface area contributed by atoms with Crippen molar-refractivity contribution in [3.63, 3.8) is 0 Å². The van der Waals surface area contributed by atoms with E-state index < -0.39 is 15.9 Å². The van der Waals surface area contributed by atoms with E-state index in [-0.39, 0.29) is 10.6 Å². The topological polar surface area (TPSA) is 95.5 Å². The highest BCUT2D eigenvalue weighted by Crippen LogP contribution is 2.21. The van der Waals surface area contributed by atoms with Crippen molar-refractivity contribution in [1.29, 1.82) is 0 Å². The highest BCUT2D eigenvalue weighted by Gasteiger charge is 2.28. The van der Waals surface area contributed by atoms with Crippen LogP contribution >= 0.6 is 0 Å². The molecule has 1 fully saturated rings. The van der Waals surface area contributed by atoms with E-state index in [4.69, 9.17) is 0 Å². The van der Waals surface area contributed by atoms with E-state index in [1.165, 1.54) is 40.6 Å². The van der Waals surface area contributed by atoms with Crippen LogP contribution in [0.5, 0.6) is 0 Å². The molecule has 162 valence electrons. The molecule has 9 heteroatoms. The molecule has 0 saturated carbocycles. The number of hydrogen-bond donors (Lipinski definition) is 1. The summed E-state index contributed by atoms with van der Waals surface area (Å²) in [5.41, 5.74) is 1.99. The van der Waals surface area contributed by atoms with Gasteiger partial charge in [0.1, 0.15) is 5.69 Å². The summed E-state index contributed by atoms with van der Waals surface area (Å²) in [5, 5.41) is 2.69. The fourth-order valence-corrected chi connectivity index (χ4v) is 5.06. The average molecular weight is 440 g/mol. The second kappa shape index (κ2) is 9.51. The van der Waals surface area contributed by atoms with Crippen LogP contribution in [0.25, 0.3) is 0 Å². The third-order valence-corrected chi connectivity index (χ3v) is 7.27. The lowest BCUT2D eigenvalue weighted by Gasteiger charge is -2.34. The maximum Gasteiger partial charge on any atom is 0.275 e. The van der Waals surface area contributed by atoms with Crippen LogP contribution in [-0.2, 0) is 10.0 Å². The van der Waals surface area contributed by atoms with Gasteiger partial charge in [-0.3, -0.25) is 14.7 Å². The molecule has 2 heterocycles. The molecule has 0 atom stereocenters. The van der Waals surface area contributed by atoms with Gasteiger partial charge in [0.15, 0.2) is 0 Å². The van der Waals surface area contributed by atoms with Gasteiger partial charge in [-0.1, -0.05) is 18.2 Å². The molecule has 2 aromatic rings. The zero-order valence-electron chi connectivity index (χ0n) is 17.1. The van der Waals surface area contributed by atoms with Crippen molar-refractivity contribution < 1.29 is 13.2 Å². The zero-order valence-corrected chi connectivity index (χ0v) is 18.0. The van der Waals surface area contributed by atoms with Gasteiger partial charge in [-0.15, -0.1) is 0 Å². The Morgan fingerprint density at radius 2 is 1.81 bits per heavy atom. The summed E-state index contributed by atoms with van der Waals surface area (Å²) >= 11 is 0. The van der Waals surface area contributed by atoms with Crippen molar-refractivity contribution >= 4 is 21.6 Å². The van der Waals surface area contributed by atoms with Crippen molar-refractivity contribution in [2.24, 2.45) is 0 Å². The molecule has 1 aromatic carbocycles. The predicted octanol–water partition coefficient (Wildman–Crippen LogP) is 2.31. The Morgan fingerprint density at radius 1 is 1.03 bits per heavy atom. The number of carbonyl (C=O) groups is 1. The fourth-order valence-electron chi connectivity index (χ4n) is 3.64. The van der Waals surface area contributed by atoms with Gasteiger partial charge in [0, 0.05) is 50.8 Å². The standard InChI is InChI=1S/C22H25N5O3S/c28-22(21-16-23-10-11-24-21)25-19-6-8-20(9-7-19)31(29,30)27-14-12-26(13-15-27)17-18-4-2-1-3-5-18/h2,4-11,16H,1,3,12-15,17H2,(H,25,28). The smallest absolute Gasteiger partial charge is 0.275 e. The van der Waals surface area contributed by atoms with Crippen molar-refractivity contribution in [3.05, 3.63) is 72.4 Å². The van der Waals surface area contributed by atoms with Crippen LogP contribution < -0.4 is 5.32 Å². The minimum Gasteiger partial charge on any atom is -0.321 e. The Labute approximate surface area is 182 Å². The Morgan fingerprint density at radius 3 is 2.45 bits per heavy atom. The largest absolute Gasteiger partial charge is 0.321 e. The van der Waals surface area contributed by atoms with Crippen LogP contribution in [0.15, 0.2) is 71.6 Å². The first-order chi connectivity index (χ1) is 15.0. The van der Waals surface area contributed by atoms with Gasteiger partial charge in [0.05, 0.1) is 11.1 Å². The number of anilines is 1. The normalized spacial score (nSPS) is 17.9. The minimum atomic E-state index is -3.57. The van der Waals surface area contributed by atoms with Crippen LogP contribution in [0.1, 0.15) is 23.3 Å². The number of allylic oxidation sites excluding steroid dienone is 2. The van der Waals surface area contributed by atoms with Gasteiger partial charge in [0.25, 0.3) is 5.91 Å². The van der Waals surface area contributed by atoms with E-state index in [0.29, 0.717) is 31.9 Å². The first-order valence-corrected chi connectivity index (χ1v) is 11.7. The fraction of sp³-hybridized carbons (Fsp3) is 0.318. The summed E-state index contributed by atoms with van der Waals surface area (Å²) in [5.74, 6) is -0.400. The molecule has 1 aliphatic carbocycles. The summed E-state index contributed by atoms with van der Waals surface area (Å²) in [4.78, 5) is 22.5. The molecule has 1 amide bonds. The van der Waals surface area contributed by atoms with Crippen LogP contribution in [0.3, 0.4) is 0 Å². The monoisotopic (exact) mass is 439 g/mol. The van der Waals surface area contributed by atoms with Crippen molar-refractivity contribution in [3.8, 4) is 0 Å². The SMILES string of the molecule is O=C(Nc1ccc(S(=O)(=O)N2CCN(CC3=CCCC=C3)CC2)cc1)c1cnccn1. The lowest BCUT2D eigenvalue weighted by molar-refractivity contribution is 0.102. The Bertz CT molecular complexity index is 1070. The quantitative estimate of drug-likeness (QED) is 0.742. The average Bonchev–Trinajstić information content (AvgIpc) is 2.81. The third kappa shape index (κ3) is 5.25. The van der Waals surface area contributed by atoms with E-state index in [1.54, 1.807) is 12.1 Å². The second-order valence-corrected chi connectivity index (χ2v) is 9.45. The van der Waals surface area contributed by atoms with Crippen molar-refractivity contribution in [1.82, 2.24) is 19.2 Å². The molecule has 4 rings (SSSR count). The minimum absolute atomic E-state index is 0.191. The highest BCUT2D eigenvalue weighted by atomic mass is 32.2. The number of nitrogens with zero attached hydrogens (tertiary/aromatic N) is 4. The van der Waals surface area contributed by atoms with Crippen LogP contribution in [0.2, 0.25) is 0 Å². The number of amides is 1. The van der Waals surface area contributed by atoms with E-state index in [9.17, 15) is 13.2 Å². The highest BCUT2D eigenvalue weighted by molar-refractivity contribution is 7.89. The number of hydrogen-bond acceptors (Lipinski definition) is 6. The molecule has 1 aliphatic heterocycles. The van der Waals surface area contributed by atoms with E-state index in [1.807, 2.05) is 0 Å². The van der Waals surface area contributed by atoms with Gasteiger partial charge < -0.3 is 5.32 Å². The van der Waals surface area contributed by atoms with E-state index in [2.05, 4.69) is 38.4 Å². The molecule has 0 radical (unpaired) electrons. The zero-order chi connectivity index (χ0) is 21.7. The Kier molecular flexibility index (Phi) is 6.55. The van der Waals surface area contributed by atoms with Crippen LogP contribution in [0, 0.1) is 0 Å². The van der Waals surface area contributed by atoms with Crippen molar-refractivity contribution in [2.45, 2.75) is 17.7 Å². The second-order valence-electron chi connectivity index (χ2n) is 7.51. The van der Waals surface area contributed by atoms with Crippen LogP contribution in [-0.4, -0.2) is 66.2 Å². The van der Waals surface area contributed by atoms with Gasteiger partial charge in [0.2, 0.25) is 10.0 Å². The summed E-state index contributed by atoms with van der Waals surface area (Å²) in [6.07, 6.45) is 13.1. The first-order valence-electron chi connectivity index (χ1n) is 10.3. The lowest BCUT2D eigenvalue weighted by Crippen LogP contribution is -2.48. The molecule has 0 spiro atoms. The van der Waals surface area contributed by atoms with E-state index in [0.717, 1.165) is 19.4 Å². The van der Waals surface area contributed by atoms with Crippen molar-refractivity contribution in [2.75, 3.05) is 38.0 Å². The molecule has 0 unspecified atom stereocenters. The molecule has 1 saturated heterocycles. The molecule has 2 aliphatic rings. The number of rotatable bonds is 6. The summed E-state index contributed by atoms with van der Waals surface area (Å²) in [7, 11) is -3.57. The van der Waals surface area contributed by atoms with Gasteiger partial charge in [-0.2, -0.15) is 4.31 Å². The number of benzene rings is 1. The van der Waals surface area contributed by atoms with E-state index >= 15 is 0 Å². The molecule has 31 heavy (non-hydrogen) atoms. The molecule has 0 bridgehead atoms. The number of sulfonamides is 1. The summed E-state index contributed by atoms with van der Waals surface area (Å²) in [6.45, 7) is 3.20. The predicted molar refractivity (Wildman–Crippen MR) is 118 cm³/mol. The maximum absolute atomic E-state index is 13.0.